The molecule has 0 amide bonds. The quantitative estimate of drug-likeness (QED) is 0.0554. The Bertz CT molecular complexity index is 1400. The summed E-state index contributed by atoms with van der Waals surface area (Å²) in [6, 6.07) is 27.3. The summed E-state index contributed by atoms with van der Waals surface area (Å²) in [6.07, 6.45) is -1.73. The third-order valence-corrected chi connectivity index (χ3v) is 10.6. The molecule has 3 aromatic carbocycles. The Kier molecular flexibility index (Phi) is 15.5. The first-order valence-electron chi connectivity index (χ1n) is 16.9. The second-order valence-electron chi connectivity index (χ2n) is 12.4. The van der Waals surface area contributed by atoms with Gasteiger partial charge >= 0.3 is 0 Å². The fraction of sp³-hybridized carbons (Fsp3) is 0.500. The van der Waals surface area contributed by atoms with Crippen molar-refractivity contribution in [2.75, 3.05) is 47.8 Å². The Morgan fingerprint density at radius 2 is 1.36 bits per heavy atom. The predicted octanol–water partition coefficient (Wildman–Crippen LogP) is 6.60. The van der Waals surface area contributed by atoms with Crippen LogP contribution in [-0.2, 0) is 33.6 Å². The maximum atomic E-state index is 9.27. The van der Waals surface area contributed by atoms with Crippen LogP contribution in [0.15, 0.2) is 78.9 Å². The fourth-order valence-electron chi connectivity index (χ4n) is 6.15. The van der Waals surface area contributed by atoms with Gasteiger partial charge in [-0.3, -0.25) is 0 Å². The van der Waals surface area contributed by atoms with E-state index in [0.717, 1.165) is 28.2 Å². The minimum absolute atomic E-state index is 0.0835. The normalized spacial score (nSPS) is 19.9. The van der Waals surface area contributed by atoms with Crippen LogP contribution in [0.25, 0.3) is 0 Å². The summed E-state index contributed by atoms with van der Waals surface area (Å²) in [5, 5.41) is 9.27. The second-order valence-corrected chi connectivity index (χ2v) is 13.8. The van der Waals surface area contributed by atoms with E-state index in [0.29, 0.717) is 13.2 Å². The number of hydrogen-bond acceptors (Lipinski definition) is 10. The lowest BCUT2D eigenvalue weighted by Crippen LogP contribution is -2.43. The number of ether oxygens (including phenoxy) is 6. The van der Waals surface area contributed by atoms with Gasteiger partial charge in [0.05, 0.1) is 53.1 Å². The molecule has 0 aliphatic carbocycles. The lowest BCUT2D eigenvalue weighted by molar-refractivity contribution is -0.0743. The van der Waals surface area contributed by atoms with Crippen molar-refractivity contribution in [3.8, 4) is 17.6 Å². The van der Waals surface area contributed by atoms with E-state index in [-0.39, 0.29) is 31.7 Å². The van der Waals surface area contributed by atoms with E-state index in [2.05, 4.69) is 38.4 Å². The number of rotatable bonds is 20. The average molecular weight is 705 g/mol. The van der Waals surface area contributed by atoms with Gasteiger partial charge in [-0.15, -0.1) is 0 Å². The second kappa shape index (κ2) is 19.5. The van der Waals surface area contributed by atoms with Gasteiger partial charge in [-0.1, -0.05) is 54.6 Å². The highest BCUT2D eigenvalue weighted by Gasteiger charge is 2.48. The largest absolute Gasteiger partial charge is 0.497 e. The molecule has 0 aromatic heterocycles. The van der Waals surface area contributed by atoms with Crippen molar-refractivity contribution in [1.29, 1.82) is 5.26 Å². The first kappa shape index (κ1) is 39.7. The summed E-state index contributed by atoms with van der Waals surface area (Å²) in [4.78, 5) is 0. The molecule has 0 bridgehead atoms. The van der Waals surface area contributed by atoms with Crippen LogP contribution in [0, 0.1) is 11.3 Å². The molecule has 0 spiro atoms. The molecule has 0 saturated carbocycles. The number of nitrogens with zero attached hydrogens (tertiary/aromatic N) is 2. The summed E-state index contributed by atoms with van der Waals surface area (Å²) in [5.41, 5.74) is 1.60. The molecule has 268 valence electrons. The van der Waals surface area contributed by atoms with Crippen LogP contribution < -0.4 is 9.47 Å². The molecule has 3 aromatic rings. The molecule has 1 unspecified atom stereocenters. The van der Waals surface area contributed by atoms with Crippen LogP contribution in [0.1, 0.15) is 50.8 Å². The molecule has 1 heterocycles. The summed E-state index contributed by atoms with van der Waals surface area (Å²) in [5.74, 6) is 1.45. The van der Waals surface area contributed by atoms with Crippen LogP contribution in [0.5, 0.6) is 11.5 Å². The maximum Gasteiger partial charge on any atom is 0.259 e. The van der Waals surface area contributed by atoms with Crippen molar-refractivity contribution in [2.24, 2.45) is 0 Å². The summed E-state index contributed by atoms with van der Waals surface area (Å²) >= 11 is 0. The third-order valence-electron chi connectivity index (χ3n) is 8.46. The number of hydrogen-bond donors (Lipinski definition) is 0. The van der Waals surface area contributed by atoms with Crippen molar-refractivity contribution in [3.05, 3.63) is 95.6 Å². The molecule has 0 N–H and O–H groups in total. The van der Waals surface area contributed by atoms with Crippen LogP contribution in [0.3, 0.4) is 0 Å². The van der Waals surface area contributed by atoms with E-state index >= 15 is 0 Å². The minimum atomic E-state index is -1.65. The Labute approximate surface area is 300 Å². The average Bonchev–Trinajstić information content (AvgIpc) is 3.42. The van der Waals surface area contributed by atoms with Gasteiger partial charge in [0, 0.05) is 25.2 Å². The SMILES string of the molecule is [B][C@@H]1O[C@H](COC(c2ccccc2)(c2ccc(OC)cc2)c2ccc(OC)cc2)[C@@H](OP(OCCC#N)N(C(C)C)C(C)C)[C@H]1OCCOC. The van der Waals surface area contributed by atoms with Gasteiger partial charge in [0.1, 0.15) is 43.3 Å². The van der Waals surface area contributed by atoms with Crippen LogP contribution >= 0.6 is 8.53 Å². The van der Waals surface area contributed by atoms with Crippen molar-refractivity contribution in [2.45, 2.75) is 76.1 Å². The highest BCUT2D eigenvalue weighted by molar-refractivity contribution is 7.44. The molecule has 1 aliphatic heterocycles. The van der Waals surface area contributed by atoms with E-state index in [1.165, 1.54) is 0 Å². The van der Waals surface area contributed by atoms with Crippen molar-refractivity contribution < 1.29 is 37.5 Å². The lowest BCUT2D eigenvalue weighted by Gasteiger charge is -2.39. The first-order valence-corrected chi connectivity index (χ1v) is 18.1. The Morgan fingerprint density at radius 1 is 0.800 bits per heavy atom. The molecule has 1 saturated heterocycles. The highest BCUT2D eigenvalue weighted by atomic mass is 31.2. The van der Waals surface area contributed by atoms with Gasteiger partial charge in [0.2, 0.25) is 0 Å². The van der Waals surface area contributed by atoms with E-state index < -0.39 is 38.4 Å². The smallest absolute Gasteiger partial charge is 0.259 e. The van der Waals surface area contributed by atoms with Gasteiger partial charge in [-0.25, -0.2) is 4.67 Å². The zero-order valence-corrected chi connectivity index (χ0v) is 31.1. The molecular formula is C38H50BN2O8P. The van der Waals surface area contributed by atoms with Gasteiger partial charge < -0.3 is 37.5 Å². The van der Waals surface area contributed by atoms with Crippen LogP contribution in [0.4, 0.5) is 0 Å². The molecule has 10 nitrogen and oxygen atoms in total. The zero-order valence-electron chi connectivity index (χ0n) is 30.2. The summed E-state index contributed by atoms with van der Waals surface area (Å²) < 4.78 is 51.5. The molecule has 2 radical (unpaired) electrons. The summed E-state index contributed by atoms with van der Waals surface area (Å²) in [7, 11) is 9.89. The van der Waals surface area contributed by atoms with E-state index in [1.807, 2.05) is 78.9 Å². The monoisotopic (exact) mass is 704 g/mol. The first-order chi connectivity index (χ1) is 24.2. The number of methoxy groups -OCH3 is 3. The van der Waals surface area contributed by atoms with Crippen LogP contribution in [0.2, 0.25) is 0 Å². The van der Waals surface area contributed by atoms with Gasteiger partial charge in [0.15, 0.2) is 0 Å². The topological polar surface area (TPSA) is 101 Å². The Morgan fingerprint density at radius 3 is 1.86 bits per heavy atom. The van der Waals surface area contributed by atoms with Gasteiger partial charge in [-0.2, -0.15) is 5.26 Å². The molecule has 5 atom stereocenters. The van der Waals surface area contributed by atoms with E-state index in [9.17, 15) is 5.26 Å². The van der Waals surface area contributed by atoms with Crippen molar-refractivity contribution in [3.63, 3.8) is 0 Å². The highest BCUT2D eigenvalue weighted by Crippen LogP contribution is 2.50. The molecule has 50 heavy (non-hydrogen) atoms. The Hall–Kier alpha value is -3.04. The van der Waals surface area contributed by atoms with Crippen molar-refractivity contribution >= 4 is 16.4 Å². The molecular weight excluding hydrogens is 654 g/mol. The zero-order chi connectivity index (χ0) is 36.1. The maximum absolute atomic E-state index is 9.27. The fourth-order valence-corrected chi connectivity index (χ4v) is 7.92. The molecule has 12 heteroatoms. The predicted molar refractivity (Wildman–Crippen MR) is 194 cm³/mol. The summed E-state index contributed by atoms with van der Waals surface area (Å²) in [6.45, 7) is 9.34. The van der Waals surface area contributed by atoms with E-state index in [1.54, 1.807) is 21.3 Å². The van der Waals surface area contributed by atoms with Gasteiger partial charge in [-0.05, 0) is 68.7 Å². The number of nitriles is 1. The number of benzene rings is 3. The van der Waals surface area contributed by atoms with Crippen LogP contribution in [-0.4, -0.2) is 96.7 Å². The van der Waals surface area contributed by atoms with E-state index in [4.69, 9.17) is 45.3 Å². The minimum Gasteiger partial charge on any atom is -0.497 e. The van der Waals surface area contributed by atoms with Crippen molar-refractivity contribution in [1.82, 2.24) is 4.67 Å². The van der Waals surface area contributed by atoms with Gasteiger partial charge in [0.25, 0.3) is 8.53 Å². The molecule has 4 rings (SSSR count). The lowest BCUT2D eigenvalue weighted by atomic mass is 9.80. The standard InChI is InChI=1S/C38H50BN2O8P/c1-27(2)41(28(3)4)50(47-23-11-22-40)49-35-34(48-37(39)36(35)45-25-24-42-5)26-46-38(29-12-9-8-10-13-29,30-14-18-32(43-6)19-15-30)31-16-20-33(44-7)21-17-31/h8-10,12-21,27-28,34-37H,11,23-26H2,1-7H3/t34-,35-,36-,37-,50?/m1/s1. The molecule has 1 aliphatic rings. The Balaban J connectivity index is 1.79. The third kappa shape index (κ3) is 9.64. The molecule has 1 fully saturated rings.